The van der Waals surface area contributed by atoms with Crippen LogP contribution >= 0.6 is 0 Å². The van der Waals surface area contributed by atoms with Crippen molar-refractivity contribution in [1.82, 2.24) is 15.5 Å². The van der Waals surface area contributed by atoms with Gasteiger partial charge in [0.25, 0.3) is 11.8 Å². The van der Waals surface area contributed by atoms with E-state index >= 15 is 0 Å². The number of anilines is 1. The van der Waals surface area contributed by atoms with Gasteiger partial charge in [-0.3, -0.25) is 34.4 Å². The van der Waals surface area contributed by atoms with Gasteiger partial charge in [0.2, 0.25) is 11.8 Å². The molecule has 4 rings (SSSR count). The summed E-state index contributed by atoms with van der Waals surface area (Å²) in [5.74, 6) is 3.93. The highest BCUT2D eigenvalue weighted by atomic mass is 16.2. The molecule has 2 unspecified atom stereocenters. The maximum Gasteiger partial charge on any atom is 0.264 e. The van der Waals surface area contributed by atoms with Gasteiger partial charge in [0.1, 0.15) is 6.04 Å². The number of nitrogens with two attached hydrogens (primary N) is 1. The number of hydrazone groups is 1. The van der Waals surface area contributed by atoms with Crippen LogP contribution in [0.2, 0.25) is 0 Å². The maximum atomic E-state index is 13.3. The first-order chi connectivity index (χ1) is 16.4. The predicted molar refractivity (Wildman–Crippen MR) is 127 cm³/mol. The van der Waals surface area contributed by atoms with E-state index in [1.165, 1.54) is 0 Å². The van der Waals surface area contributed by atoms with Crippen LogP contribution < -0.4 is 21.4 Å². The summed E-state index contributed by atoms with van der Waals surface area (Å²) >= 11 is 0. The fourth-order valence-corrected chi connectivity index (χ4v) is 4.65. The summed E-state index contributed by atoms with van der Waals surface area (Å²) < 4.78 is 0. The monoisotopic (exact) mass is 467 g/mol. The van der Waals surface area contributed by atoms with E-state index in [4.69, 9.17) is 5.84 Å². The predicted octanol–water partition coefficient (Wildman–Crippen LogP) is -0.0909. The molecule has 34 heavy (non-hydrogen) atoms. The molecule has 3 heterocycles. The molecule has 11 heteroatoms. The van der Waals surface area contributed by atoms with Gasteiger partial charge in [-0.1, -0.05) is 6.07 Å². The van der Waals surface area contributed by atoms with Crippen LogP contribution in [-0.4, -0.2) is 79.7 Å². The summed E-state index contributed by atoms with van der Waals surface area (Å²) in [4.78, 5) is 57.4. The van der Waals surface area contributed by atoms with Crippen LogP contribution in [0, 0.1) is 5.92 Å². The van der Waals surface area contributed by atoms with Crippen molar-refractivity contribution in [2.45, 2.75) is 31.7 Å². The lowest BCUT2D eigenvalue weighted by Crippen LogP contribution is -2.54. The van der Waals surface area contributed by atoms with Crippen LogP contribution in [0.25, 0.3) is 0 Å². The molecule has 1 aromatic rings. The van der Waals surface area contributed by atoms with E-state index in [0.29, 0.717) is 23.9 Å². The van der Waals surface area contributed by atoms with Gasteiger partial charge in [-0.05, 0) is 50.4 Å². The van der Waals surface area contributed by atoms with Gasteiger partial charge >= 0.3 is 0 Å². The molecule has 180 valence electrons. The lowest BCUT2D eigenvalue weighted by molar-refractivity contribution is -0.136. The molecular weight excluding hydrogens is 438 g/mol. The van der Waals surface area contributed by atoms with Crippen LogP contribution in [0.1, 0.15) is 46.4 Å². The number of carbonyl (C=O) groups is 4. The van der Waals surface area contributed by atoms with Gasteiger partial charge in [-0.2, -0.15) is 5.10 Å². The average Bonchev–Trinajstić information content (AvgIpc) is 3.09. The second kappa shape index (κ2) is 10.1. The summed E-state index contributed by atoms with van der Waals surface area (Å²) in [6.07, 6.45) is 4.11. The normalized spacial score (nSPS) is 23.4. The molecule has 2 saturated heterocycles. The zero-order chi connectivity index (χ0) is 24.2. The quantitative estimate of drug-likeness (QED) is 0.219. The minimum Gasteiger partial charge on any atom is -0.368 e. The molecule has 0 saturated carbocycles. The summed E-state index contributed by atoms with van der Waals surface area (Å²) in [5, 5.41) is 9.40. The number of nitrogens with zero attached hydrogens (tertiary/aromatic N) is 4. The fraction of sp³-hybridized carbons (Fsp3) is 0.478. The van der Waals surface area contributed by atoms with Gasteiger partial charge in [0, 0.05) is 26.2 Å². The van der Waals surface area contributed by atoms with E-state index in [0.717, 1.165) is 30.8 Å². The SMILES string of the molecule is CN(C/C(C=NCC1CCCNC1)=N/N)c1cccc2c1C(=O)N(C1CCC(=O)NC1=O)C2=O. The topological polar surface area (TPSA) is 150 Å². The van der Waals surface area contributed by atoms with Crippen molar-refractivity contribution in [3.8, 4) is 0 Å². The lowest BCUT2D eigenvalue weighted by atomic mass is 10.0. The van der Waals surface area contributed by atoms with Gasteiger partial charge in [0.15, 0.2) is 0 Å². The minimum atomic E-state index is -1.01. The number of aliphatic imine (C=N–C) groups is 1. The fourth-order valence-electron chi connectivity index (χ4n) is 4.65. The molecular formula is C23H29N7O4. The van der Waals surface area contributed by atoms with E-state index in [1.54, 1.807) is 36.4 Å². The van der Waals surface area contributed by atoms with Crippen molar-refractivity contribution < 1.29 is 19.2 Å². The van der Waals surface area contributed by atoms with Crippen molar-refractivity contribution in [3.63, 3.8) is 0 Å². The molecule has 0 aliphatic carbocycles. The molecule has 3 aliphatic heterocycles. The third-order valence-corrected chi connectivity index (χ3v) is 6.43. The number of fused-ring (bicyclic) bond motifs is 1. The van der Waals surface area contributed by atoms with Crippen LogP contribution in [-0.2, 0) is 9.59 Å². The smallest absolute Gasteiger partial charge is 0.264 e. The number of hydrogen-bond donors (Lipinski definition) is 3. The Morgan fingerprint density at radius 1 is 1.24 bits per heavy atom. The van der Waals surface area contributed by atoms with Crippen molar-refractivity contribution in [3.05, 3.63) is 29.3 Å². The standard InChI is InChI=1S/C23H29N7O4/c1-29(13-15(28-24)12-26-11-14-4-3-9-25-10-14)17-6-2-5-16-20(17)23(34)30(22(16)33)18-7-8-19(31)27-21(18)32/h2,5-6,12,14,18,25H,3-4,7-11,13,24H2,1H3,(H,27,31,32)/b26-12?,28-15+. The Morgan fingerprint density at radius 3 is 2.76 bits per heavy atom. The van der Waals surface area contributed by atoms with E-state index in [1.807, 2.05) is 0 Å². The Kier molecular flexibility index (Phi) is 7.01. The van der Waals surface area contributed by atoms with Crippen LogP contribution in [0.4, 0.5) is 5.69 Å². The summed E-state index contributed by atoms with van der Waals surface area (Å²) in [7, 11) is 1.77. The van der Waals surface area contributed by atoms with Gasteiger partial charge in [-0.25, -0.2) is 0 Å². The Hall–Kier alpha value is -3.60. The Labute approximate surface area is 197 Å². The molecule has 2 atom stereocenters. The third-order valence-electron chi connectivity index (χ3n) is 6.43. The van der Waals surface area contributed by atoms with E-state index < -0.39 is 29.7 Å². The number of piperidine rings is 2. The number of hydrogen-bond acceptors (Lipinski definition) is 9. The molecule has 4 amide bonds. The highest BCUT2D eigenvalue weighted by molar-refractivity contribution is 6.32. The van der Waals surface area contributed by atoms with Gasteiger partial charge in [-0.15, -0.1) is 0 Å². The Bertz CT molecular complexity index is 1060. The van der Waals surface area contributed by atoms with Crippen molar-refractivity contribution in [1.29, 1.82) is 0 Å². The number of imide groups is 2. The largest absolute Gasteiger partial charge is 0.368 e. The number of carbonyl (C=O) groups excluding carboxylic acids is 4. The highest BCUT2D eigenvalue weighted by Crippen LogP contribution is 2.33. The molecule has 0 bridgehead atoms. The highest BCUT2D eigenvalue weighted by Gasteiger charge is 2.45. The number of benzene rings is 1. The van der Waals surface area contributed by atoms with E-state index in [2.05, 4.69) is 20.7 Å². The number of rotatable bonds is 7. The zero-order valence-corrected chi connectivity index (χ0v) is 19.1. The Morgan fingerprint density at radius 2 is 2.06 bits per heavy atom. The average molecular weight is 468 g/mol. The second-order valence-corrected chi connectivity index (χ2v) is 8.83. The van der Waals surface area contributed by atoms with Gasteiger partial charge < -0.3 is 16.1 Å². The van der Waals surface area contributed by atoms with Crippen molar-refractivity contribution >= 4 is 41.2 Å². The third kappa shape index (κ3) is 4.69. The first kappa shape index (κ1) is 23.6. The van der Waals surface area contributed by atoms with Crippen LogP contribution in [0.15, 0.2) is 28.3 Å². The second-order valence-electron chi connectivity index (χ2n) is 8.83. The molecule has 3 aliphatic rings. The molecule has 0 radical (unpaired) electrons. The van der Waals surface area contributed by atoms with Crippen LogP contribution in [0.3, 0.4) is 0 Å². The molecule has 4 N–H and O–H groups in total. The first-order valence-electron chi connectivity index (χ1n) is 11.4. The van der Waals surface area contributed by atoms with Crippen molar-refractivity contribution in [2.75, 3.05) is 38.1 Å². The van der Waals surface area contributed by atoms with Crippen molar-refractivity contribution in [2.24, 2.45) is 21.9 Å². The molecule has 0 aromatic heterocycles. The van der Waals surface area contributed by atoms with Crippen LogP contribution in [0.5, 0.6) is 0 Å². The number of nitrogens with one attached hydrogen (secondary N) is 2. The minimum absolute atomic E-state index is 0.0726. The zero-order valence-electron chi connectivity index (χ0n) is 19.1. The number of amides is 4. The molecule has 11 nitrogen and oxygen atoms in total. The Balaban J connectivity index is 1.49. The molecule has 0 spiro atoms. The summed E-state index contributed by atoms with van der Waals surface area (Å²) in [6, 6.07) is 3.98. The molecule has 2 fully saturated rings. The first-order valence-corrected chi connectivity index (χ1v) is 11.4. The lowest BCUT2D eigenvalue weighted by Gasteiger charge is -2.28. The van der Waals surface area contributed by atoms with E-state index in [-0.39, 0.29) is 30.5 Å². The molecule has 1 aromatic carbocycles. The maximum absolute atomic E-state index is 13.3. The van der Waals surface area contributed by atoms with E-state index in [9.17, 15) is 19.2 Å². The summed E-state index contributed by atoms with van der Waals surface area (Å²) in [6.45, 7) is 2.95. The summed E-state index contributed by atoms with van der Waals surface area (Å²) in [5.41, 5.74) is 1.50. The van der Waals surface area contributed by atoms with Gasteiger partial charge in [0.05, 0.1) is 29.1 Å².